The van der Waals surface area contributed by atoms with E-state index in [1.807, 2.05) is 19.2 Å². The van der Waals surface area contributed by atoms with Gasteiger partial charge in [-0.3, -0.25) is 0 Å². The highest BCUT2D eigenvalue weighted by Crippen LogP contribution is 2.55. The van der Waals surface area contributed by atoms with Crippen molar-refractivity contribution in [2.75, 3.05) is 13.6 Å². The fraction of sp³-hybridized carbons (Fsp3) is 0.333. The first-order chi connectivity index (χ1) is 9.81. The molecular formula is C18H20ClN. The van der Waals surface area contributed by atoms with Gasteiger partial charge in [0.2, 0.25) is 0 Å². The lowest BCUT2D eigenvalue weighted by Gasteiger charge is -2.18. The molecule has 0 heterocycles. The number of nitrogens with one attached hydrogen (secondary N) is 1. The quantitative estimate of drug-likeness (QED) is 0.856. The fourth-order valence-corrected chi connectivity index (χ4v) is 3.51. The number of rotatable bonds is 5. The van der Waals surface area contributed by atoms with Crippen LogP contribution in [0.5, 0.6) is 0 Å². The van der Waals surface area contributed by atoms with E-state index in [1.165, 1.54) is 17.5 Å². The number of hydrogen-bond acceptors (Lipinski definition) is 1. The minimum absolute atomic E-state index is 0.499. The highest BCUT2D eigenvalue weighted by Gasteiger charge is 2.44. The molecule has 1 aliphatic rings. The van der Waals surface area contributed by atoms with Crippen molar-refractivity contribution in [3.05, 3.63) is 70.7 Å². The van der Waals surface area contributed by atoms with Crippen molar-refractivity contribution in [2.45, 2.75) is 18.3 Å². The lowest BCUT2D eigenvalue weighted by atomic mass is 9.91. The summed E-state index contributed by atoms with van der Waals surface area (Å²) in [6.07, 6.45) is 1.27. The van der Waals surface area contributed by atoms with E-state index < -0.39 is 0 Å². The summed E-state index contributed by atoms with van der Waals surface area (Å²) in [4.78, 5) is 0. The predicted octanol–water partition coefficient (Wildman–Crippen LogP) is 4.45. The van der Waals surface area contributed by atoms with Crippen LogP contribution in [0.1, 0.15) is 29.4 Å². The Morgan fingerprint density at radius 1 is 1.10 bits per heavy atom. The average Bonchev–Trinajstić information content (AvgIpc) is 3.27. The predicted molar refractivity (Wildman–Crippen MR) is 85.4 cm³/mol. The second-order valence-corrected chi connectivity index (χ2v) is 6.01. The third-order valence-corrected chi connectivity index (χ3v) is 4.66. The molecule has 0 spiro atoms. The van der Waals surface area contributed by atoms with Gasteiger partial charge in [-0.25, -0.2) is 0 Å². The Hall–Kier alpha value is -1.31. The Morgan fingerprint density at radius 3 is 2.50 bits per heavy atom. The lowest BCUT2D eigenvalue weighted by Crippen LogP contribution is -2.19. The largest absolute Gasteiger partial charge is 0.319 e. The van der Waals surface area contributed by atoms with E-state index in [-0.39, 0.29) is 0 Å². The maximum Gasteiger partial charge on any atom is 0.0441 e. The van der Waals surface area contributed by atoms with E-state index in [4.69, 9.17) is 11.6 Å². The lowest BCUT2D eigenvalue weighted by molar-refractivity contribution is 0.555. The Balaban J connectivity index is 1.82. The van der Waals surface area contributed by atoms with E-state index in [9.17, 15) is 0 Å². The molecule has 0 bridgehead atoms. The molecule has 1 aliphatic carbocycles. The van der Waals surface area contributed by atoms with Gasteiger partial charge in [0.25, 0.3) is 0 Å². The highest BCUT2D eigenvalue weighted by atomic mass is 35.5. The van der Waals surface area contributed by atoms with Crippen molar-refractivity contribution >= 4 is 11.6 Å². The summed E-state index contributed by atoms with van der Waals surface area (Å²) < 4.78 is 0. The number of benzene rings is 2. The molecule has 0 radical (unpaired) electrons. The van der Waals surface area contributed by atoms with Gasteiger partial charge in [-0.1, -0.05) is 60.1 Å². The molecule has 104 valence electrons. The fourth-order valence-electron chi connectivity index (χ4n) is 3.23. The molecular weight excluding hydrogens is 266 g/mol. The van der Waals surface area contributed by atoms with Crippen LogP contribution in [0.2, 0.25) is 5.02 Å². The van der Waals surface area contributed by atoms with Gasteiger partial charge >= 0.3 is 0 Å². The van der Waals surface area contributed by atoms with Crippen molar-refractivity contribution in [2.24, 2.45) is 5.92 Å². The molecule has 2 aromatic rings. The minimum atomic E-state index is 0.499. The van der Waals surface area contributed by atoms with E-state index >= 15 is 0 Å². The Labute approximate surface area is 126 Å². The first-order valence-electron chi connectivity index (χ1n) is 7.25. The van der Waals surface area contributed by atoms with Crippen molar-refractivity contribution in [1.82, 2.24) is 5.32 Å². The van der Waals surface area contributed by atoms with Gasteiger partial charge < -0.3 is 5.32 Å². The molecule has 0 aliphatic heterocycles. The maximum atomic E-state index is 6.39. The van der Waals surface area contributed by atoms with Crippen LogP contribution in [0.3, 0.4) is 0 Å². The third-order valence-electron chi connectivity index (χ3n) is 4.31. The summed E-state index contributed by atoms with van der Waals surface area (Å²) in [7, 11) is 2.02. The second-order valence-electron chi connectivity index (χ2n) is 5.60. The molecule has 2 heteroatoms. The van der Waals surface area contributed by atoms with Crippen LogP contribution in [0, 0.1) is 5.92 Å². The maximum absolute atomic E-state index is 6.39. The standard InChI is InChI=1S/C18H20ClN/c1-20-12-17(14-9-5-6-10-18(14)19)16-11-15(16)13-7-3-2-4-8-13/h2-10,15-17,20H,11-12H2,1H3. The number of halogens is 1. The summed E-state index contributed by atoms with van der Waals surface area (Å²) in [5.41, 5.74) is 2.75. The molecule has 2 aromatic carbocycles. The first kappa shape index (κ1) is 13.7. The Kier molecular flexibility index (Phi) is 4.09. The normalized spacial score (nSPS) is 22.5. The van der Waals surface area contributed by atoms with Gasteiger partial charge in [-0.2, -0.15) is 0 Å². The highest BCUT2D eigenvalue weighted by molar-refractivity contribution is 6.31. The Morgan fingerprint density at radius 2 is 1.80 bits per heavy atom. The Bertz CT molecular complexity index is 567. The first-order valence-corrected chi connectivity index (χ1v) is 7.63. The smallest absolute Gasteiger partial charge is 0.0441 e. The van der Waals surface area contributed by atoms with Crippen LogP contribution < -0.4 is 5.32 Å². The molecule has 3 unspecified atom stereocenters. The van der Waals surface area contributed by atoms with Crippen molar-refractivity contribution in [3.63, 3.8) is 0 Å². The van der Waals surface area contributed by atoms with Crippen LogP contribution in [-0.2, 0) is 0 Å². The van der Waals surface area contributed by atoms with E-state index in [1.54, 1.807) is 0 Å². The van der Waals surface area contributed by atoms with Gasteiger partial charge in [-0.15, -0.1) is 0 Å². The van der Waals surface area contributed by atoms with Crippen molar-refractivity contribution in [1.29, 1.82) is 0 Å². The second kappa shape index (κ2) is 5.99. The summed E-state index contributed by atoms with van der Waals surface area (Å²) in [5, 5.41) is 4.22. The SMILES string of the molecule is CNCC(c1ccccc1Cl)C1CC1c1ccccc1. The number of hydrogen-bond donors (Lipinski definition) is 1. The molecule has 0 amide bonds. The van der Waals surface area contributed by atoms with Crippen LogP contribution in [0.15, 0.2) is 54.6 Å². The van der Waals surface area contributed by atoms with E-state index in [0.29, 0.717) is 17.8 Å². The monoisotopic (exact) mass is 285 g/mol. The van der Waals surface area contributed by atoms with Crippen LogP contribution in [0.4, 0.5) is 0 Å². The van der Waals surface area contributed by atoms with Gasteiger partial charge in [0.15, 0.2) is 0 Å². The van der Waals surface area contributed by atoms with Crippen LogP contribution in [-0.4, -0.2) is 13.6 Å². The van der Waals surface area contributed by atoms with Gasteiger partial charge in [0.05, 0.1) is 0 Å². The molecule has 0 aromatic heterocycles. The van der Waals surface area contributed by atoms with Crippen molar-refractivity contribution in [3.8, 4) is 0 Å². The zero-order valence-electron chi connectivity index (χ0n) is 11.7. The molecule has 1 saturated carbocycles. The molecule has 20 heavy (non-hydrogen) atoms. The summed E-state index contributed by atoms with van der Waals surface area (Å²) >= 11 is 6.39. The molecule has 1 nitrogen and oxygen atoms in total. The summed E-state index contributed by atoms with van der Waals surface area (Å²) in [6, 6.07) is 19.1. The topological polar surface area (TPSA) is 12.0 Å². The number of likely N-dealkylation sites (N-methyl/N-ethyl adjacent to an activating group) is 1. The molecule has 3 rings (SSSR count). The molecule has 1 N–H and O–H groups in total. The van der Waals surface area contributed by atoms with Gasteiger partial charge in [0, 0.05) is 17.5 Å². The molecule has 0 saturated heterocycles. The zero-order chi connectivity index (χ0) is 13.9. The molecule has 1 fully saturated rings. The zero-order valence-corrected chi connectivity index (χ0v) is 12.5. The van der Waals surface area contributed by atoms with Crippen LogP contribution >= 0.6 is 11.6 Å². The van der Waals surface area contributed by atoms with E-state index in [2.05, 4.69) is 47.8 Å². The van der Waals surface area contributed by atoms with E-state index in [0.717, 1.165) is 11.6 Å². The van der Waals surface area contributed by atoms with Gasteiger partial charge in [-0.05, 0) is 42.5 Å². The molecule has 3 atom stereocenters. The average molecular weight is 286 g/mol. The van der Waals surface area contributed by atoms with Crippen LogP contribution in [0.25, 0.3) is 0 Å². The van der Waals surface area contributed by atoms with Crippen molar-refractivity contribution < 1.29 is 0 Å². The summed E-state index contributed by atoms with van der Waals surface area (Å²) in [5.74, 6) is 1.88. The van der Waals surface area contributed by atoms with Gasteiger partial charge in [0.1, 0.15) is 0 Å². The summed E-state index contributed by atoms with van der Waals surface area (Å²) in [6.45, 7) is 0.984. The third kappa shape index (κ3) is 2.74. The minimum Gasteiger partial charge on any atom is -0.319 e.